The van der Waals surface area contributed by atoms with E-state index in [2.05, 4.69) is 43.5 Å². The summed E-state index contributed by atoms with van der Waals surface area (Å²) in [5.74, 6) is -0.177. The van der Waals surface area contributed by atoms with Crippen LogP contribution in [0.5, 0.6) is 0 Å². The number of amides is 1. The molecule has 8 heteroatoms. The van der Waals surface area contributed by atoms with Gasteiger partial charge in [0.2, 0.25) is 0 Å². The van der Waals surface area contributed by atoms with Crippen molar-refractivity contribution in [3.63, 3.8) is 0 Å². The zero-order valence-electron chi connectivity index (χ0n) is 12.8. The van der Waals surface area contributed by atoms with Gasteiger partial charge in [-0.25, -0.2) is 15.0 Å². The summed E-state index contributed by atoms with van der Waals surface area (Å²) >= 11 is 1.84. The molecule has 0 radical (unpaired) electrons. The van der Waals surface area contributed by atoms with Crippen molar-refractivity contribution in [2.24, 2.45) is 0 Å². The van der Waals surface area contributed by atoms with E-state index in [0.29, 0.717) is 23.4 Å². The number of thioether (sulfide) groups is 1. The Labute approximate surface area is 133 Å². The maximum Gasteiger partial charge on any atom is 0.272 e. The van der Waals surface area contributed by atoms with E-state index in [0.717, 1.165) is 25.9 Å². The summed E-state index contributed by atoms with van der Waals surface area (Å²) in [6.07, 6.45) is 7.17. The van der Waals surface area contributed by atoms with E-state index in [1.54, 1.807) is 0 Å². The number of aromatic nitrogens is 4. The zero-order valence-corrected chi connectivity index (χ0v) is 13.6. The number of nitrogens with zero attached hydrogens (tertiary/aromatic N) is 4. The monoisotopic (exact) mass is 320 g/mol. The lowest BCUT2D eigenvalue weighted by Gasteiger charge is -2.39. The quantitative estimate of drug-likeness (QED) is 0.871. The number of piperidine rings is 1. The number of hydrogen-bond acceptors (Lipinski definition) is 6. The van der Waals surface area contributed by atoms with Crippen molar-refractivity contribution in [3.8, 4) is 0 Å². The van der Waals surface area contributed by atoms with Crippen LogP contribution in [0.1, 0.15) is 23.3 Å². The van der Waals surface area contributed by atoms with Gasteiger partial charge in [-0.15, -0.1) is 0 Å². The number of likely N-dealkylation sites (tertiary alicyclic amines) is 1. The van der Waals surface area contributed by atoms with Gasteiger partial charge < -0.3 is 15.2 Å². The molecule has 1 saturated heterocycles. The molecule has 0 saturated carbocycles. The number of imidazole rings is 1. The fraction of sp³-hybridized carbons (Fsp3) is 0.571. The van der Waals surface area contributed by atoms with Gasteiger partial charge in [-0.1, -0.05) is 0 Å². The number of H-pyrrole nitrogens is 1. The largest absolute Gasteiger partial charge is 0.349 e. The number of nitrogens with one attached hydrogen (secondary N) is 2. The molecule has 22 heavy (non-hydrogen) atoms. The molecular weight excluding hydrogens is 300 g/mol. The first-order valence-corrected chi connectivity index (χ1v) is 8.52. The highest BCUT2D eigenvalue weighted by atomic mass is 32.2. The van der Waals surface area contributed by atoms with Gasteiger partial charge in [0.1, 0.15) is 11.8 Å². The van der Waals surface area contributed by atoms with Crippen molar-refractivity contribution >= 4 is 28.8 Å². The molecule has 0 aliphatic carbocycles. The maximum absolute atomic E-state index is 12.5. The number of aromatic amines is 1. The predicted octanol–water partition coefficient (Wildman–Crippen LogP) is 0.910. The first-order chi connectivity index (χ1) is 10.6. The molecule has 0 bridgehead atoms. The van der Waals surface area contributed by atoms with Gasteiger partial charge in [-0.2, -0.15) is 11.8 Å². The van der Waals surface area contributed by atoms with Crippen molar-refractivity contribution in [1.82, 2.24) is 30.2 Å². The second-order valence-corrected chi connectivity index (χ2v) is 6.97. The predicted molar refractivity (Wildman–Crippen MR) is 87.0 cm³/mol. The summed E-state index contributed by atoms with van der Waals surface area (Å²) in [7, 11) is 2.14. The summed E-state index contributed by atoms with van der Waals surface area (Å²) in [5.41, 5.74) is 1.45. The van der Waals surface area contributed by atoms with Crippen LogP contribution in [0.25, 0.3) is 11.2 Å². The Balaban J connectivity index is 1.70. The van der Waals surface area contributed by atoms with Crippen LogP contribution in [0, 0.1) is 0 Å². The Morgan fingerprint density at radius 3 is 2.91 bits per heavy atom. The van der Waals surface area contributed by atoms with Gasteiger partial charge in [0.15, 0.2) is 11.3 Å². The summed E-state index contributed by atoms with van der Waals surface area (Å²) < 4.78 is 0.113. The normalized spacial score (nSPS) is 18.5. The van der Waals surface area contributed by atoms with Crippen LogP contribution in [0.2, 0.25) is 0 Å². The first-order valence-electron chi connectivity index (χ1n) is 7.29. The molecule has 3 rings (SSSR count). The molecule has 7 nitrogen and oxygen atoms in total. The van der Waals surface area contributed by atoms with Crippen molar-refractivity contribution in [1.29, 1.82) is 0 Å². The molecule has 3 heterocycles. The van der Waals surface area contributed by atoms with Crippen LogP contribution < -0.4 is 5.32 Å². The molecule has 2 aromatic heterocycles. The Morgan fingerprint density at radius 2 is 2.18 bits per heavy atom. The molecule has 2 aromatic rings. The minimum Gasteiger partial charge on any atom is -0.349 e. The van der Waals surface area contributed by atoms with E-state index in [1.807, 2.05) is 11.8 Å². The second kappa shape index (κ2) is 6.21. The van der Waals surface area contributed by atoms with Crippen molar-refractivity contribution in [2.75, 3.05) is 32.9 Å². The van der Waals surface area contributed by atoms with E-state index in [9.17, 15) is 4.79 Å². The van der Waals surface area contributed by atoms with Gasteiger partial charge in [0, 0.05) is 11.3 Å². The van der Waals surface area contributed by atoms with Gasteiger partial charge in [-0.05, 0) is 39.2 Å². The molecule has 1 fully saturated rings. The molecule has 0 unspecified atom stereocenters. The minimum absolute atomic E-state index is 0.113. The number of rotatable bonds is 4. The van der Waals surface area contributed by atoms with E-state index in [1.165, 1.54) is 12.7 Å². The number of fused-ring (bicyclic) bond motifs is 1. The highest BCUT2D eigenvalue weighted by Gasteiger charge is 2.33. The number of carbonyl (C=O) groups is 1. The summed E-state index contributed by atoms with van der Waals surface area (Å²) in [6, 6.07) is 0. The molecule has 0 atom stereocenters. The van der Waals surface area contributed by atoms with E-state index in [-0.39, 0.29) is 10.7 Å². The topological polar surface area (TPSA) is 86.8 Å². The molecule has 1 amide bonds. The van der Waals surface area contributed by atoms with Gasteiger partial charge in [0.25, 0.3) is 5.91 Å². The smallest absolute Gasteiger partial charge is 0.272 e. The molecular formula is C14H20N6OS. The highest BCUT2D eigenvalue weighted by Crippen LogP contribution is 2.33. The Bertz CT molecular complexity index is 664. The van der Waals surface area contributed by atoms with Crippen molar-refractivity contribution < 1.29 is 4.79 Å². The average Bonchev–Trinajstić information content (AvgIpc) is 3.03. The fourth-order valence-corrected chi connectivity index (χ4v) is 3.55. The average molecular weight is 320 g/mol. The summed E-state index contributed by atoms with van der Waals surface area (Å²) in [6.45, 7) is 2.78. The van der Waals surface area contributed by atoms with Gasteiger partial charge in [0.05, 0.1) is 6.33 Å². The molecule has 2 N–H and O–H groups in total. The second-order valence-electron chi connectivity index (χ2n) is 5.70. The molecule has 1 aliphatic heterocycles. The van der Waals surface area contributed by atoms with Crippen LogP contribution in [0.3, 0.4) is 0 Å². The summed E-state index contributed by atoms with van der Waals surface area (Å²) in [5, 5.41) is 3.04. The molecule has 0 spiro atoms. The van der Waals surface area contributed by atoms with Gasteiger partial charge >= 0.3 is 0 Å². The number of hydrogen-bond donors (Lipinski definition) is 2. The van der Waals surface area contributed by atoms with E-state index >= 15 is 0 Å². The van der Waals surface area contributed by atoms with Crippen LogP contribution >= 0.6 is 11.8 Å². The molecule has 0 aromatic carbocycles. The van der Waals surface area contributed by atoms with E-state index < -0.39 is 0 Å². The third-order valence-corrected chi connectivity index (χ3v) is 5.76. The standard InChI is InChI=1S/C14H20N6OS/c1-20-5-3-14(22-2,4-6-20)7-15-13(21)11-10-12(18-8-16-10)19-9-17-11/h8-9H,3-7H2,1-2H3,(H,15,21)(H,16,17,18,19). The summed E-state index contributed by atoms with van der Waals surface area (Å²) in [4.78, 5) is 29.9. The third-order valence-electron chi connectivity index (χ3n) is 4.34. The minimum atomic E-state index is -0.177. The van der Waals surface area contributed by atoms with Crippen molar-refractivity contribution in [3.05, 3.63) is 18.3 Å². The third kappa shape index (κ3) is 2.93. The Kier molecular flexibility index (Phi) is 4.30. The van der Waals surface area contributed by atoms with E-state index in [4.69, 9.17) is 0 Å². The maximum atomic E-state index is 12.5. The lowest BCUT2D eigenvalue weighted by atomic mass is 9.95. The SMILES string of the molecule is CSC1(CNC(=O)c2ncnc3nc[nH]c23)CCN(C)CC1. The highest BCUT2D eigenvalue weighted by molar-refractivity contribution is 8.00. The van der Waals surface area contributed by atoms with Crippen LogP contribution in [-0.2, 0) is 0 Å². The lowest BCUT2D eigenvalue weighted by molar-refractivity contribution is 0.0940. The van der Waals surface area contributed by atoms with Crippen LogP contribution in [0.4, 0.5) is 0 Å². The number of carbonyl (C=O) groups excluding carboxylic acids is 1. The van der Waals surface area contributed by atoms with Gasteiger partial charge in [-0.3, -0.25) is 4.79 Å². The Morgan fingerprint density at radius 1 is 1.41 bits per heavy atom. The molecule has 118 valence electrons. The first kappa shape index (κ1) is 15.2. The van der Waals surface area contributed by atoms with Crippen LogP contribution in [-0.4, -0.2) is 68.4 Å². The lowest BCUT2D eigenvalue weighted by Crippen LogP contribution is -2.48. The van der Waals surface area contributed by atoms with Crippen LogP contribution in [0.15, 0.2) is 12.7 Å². The molecule has 1 aliphatic rings. The fourth-order valence-electron chi connectivity index (χ4n) is 2.74. The van der Waals surface area contributed by atoms with Crippen molar-refractivity contribution in [2.45, 2.75) is 17.6 Å². The zero-order chi connectivity index (χ0) is 15.6. The Hall–Kier alpha value is -1.67.